The molecule has 30 heavy (non-hydrogen) atoms. The highest BCUT2D eigenvalue weighted by atomic mass is 16.6. The van der Waals surface area contributed by atoms with Crippen LogP contribution in [0.25, 0.3) is 22.1 Å². The molecule has 0 saturated heterocycles. The molecule has 4 aromatic rings. The minimum atomic E-state index is -0.491. The Balaban J connectivity index is 1.61. The van der Waals surface area contributed by atoms with Crippen LogP contribution in [0.4, 0.5) is 11.4 Å². The molecule has 0 aliphatic carbocycles. The number of rotatable bonds is 4. The first-order valence-corrected chi connectivity index (χ1v) is 9.13. The second kappa shape index (κ2) is 7.63. The first kappa shape index (κ1) is 19.1. The van der Waals surface area contributed by atoms with Gasteiger partial charge in [-0.3, -0.25) is 14.9 Å². The Hall–Kier alpha value is -4.26. The maximum atomic E-state index is 12.6. The zero-order valence-electron chi connectivity index (χ0n) is 15.9. The molecule has 1 amide bonds. The molecule has 0 aliphatic heterocycles. The van der Waals surface area contributed by atoms with Crippen LogP contribution >= 0.6 is 0 Å². The lowest BCUT2D eigenvalue weighted by atomic mass is 10.0. The smallest absolute Gasteiger partial charge is 0.344 e. The Morgan fingerprint density at radius 3 is 2.47 bits per heavy atom. The van der Waals surface area contributed by atoms with E-state index in [0.717, 1.165) is 5.39 Å². The van der Waals surface area contributed by atoms with Crippen molar-refractivity contribution in [3.05, 3.63) is 104 Å². The number of carbonyl (C=O) groups excluding carboxylic acids is 1. The average Bonchev–Trinajstić information content (AvgIpc) is 2.74. The lowest BCUT2D eigenvalue weighted by Crippen LogP contribution is -2.13. The molecule has 0 saturated carbocycles. The van der Waals surface area contributed by atoms with Crippen molar-refractivity contribution in [2.24, 2.45) is 0 Å². The van der Waals surface area contributed by atoms with Crippen LogP contribution in [0.3, 0.4) is 0 Å². The molecular weight excluding hydrogens is 384 g/mol. The van der Waals surface area contributed by atoms with Gasteiger partial charge in [-0.25, -0.2) is 4.79 Å². The first-order valence-electron chi connectivity index (χ1n) is 9.13. The molecule has 7 heteroatoms. The number of nitro benzene ring substituents is 1. The molecule has 1 aromatic heterocycles. The van der Waals surface area contributed by atoms with Crippen LogP contribution in [0.2, 0.25) is 0 Å². The van der Waals surface area contributed by atoms with E-state index < -0.39 is 16.5 Å². The number of hydrogen-bond donors (Lipinski definition) is 1. The minimum absolute atomic E-state index is 0.0637. The molecule has 0 bridgehead atoms. The SMILES string of the molecule is Cc1c(NC(=O)c2ccc(-c3cc4ccccc4oc3=O)cc2)cccc1[N+](=O)[O-]. The van der Waals surface area contributed by atoms with Crippen LogP contribution in [-0.4, -0.2) is 10.8 Å². The van der Waals surface area contributed by atoms with E-state index in [-0.39, 0.29) is 5.69 Å². The quantitative estimate of drug-likeness (QED) is 0.297. The summed E-state index contributed by atoms with van der Waals surface area (Å²) in [4.78, 5) is 35.5. The first-order chi connectivity index (χ1) is 14.4. The highest BCUT2D eigenvalue weighted by Gasteiger charge is 2.16. The van der Waals surface area contributed by atoms with Crippen molar-refractivity contribution in [1.29, 1.82) is 0 Å². The lowest BCUT2D eigenvalue weighted by molar-refractivity contribution is -0.385. The topological polar surface area (TPSA) is 102 Å². The number of nitro groups is 1. The van der Waals surface area contributed by atoms with Gasteiger partial charge in [0.05, 0.1) is 21.7 Å². The van der Waals surface area contributed by atoms with Gasteiger partial charge in [0.25, 0.3) is 11.6 Å². The molecule has 0 atom stereocenters. The molecule has 148 valence electrons. The summed E-state index contributed by atoms with van der Waals surface area (Å²) in [6.45, 7) is 1.58. The Kier molecular flexibility index (Phi) is 4.85. The van der Waals surface area contributed by atoms with Gasteiger partial charge in [-0.1, -0.05) is 36.4 Å². The highest BCUT2D eigenvalue weighted by molar-refractivity contribution is 6.05. The minimum Gasteiger partial charge on any atom is -0.422 e. The summed E-state index contributed by atoms with van der Waals surface area (Å²) in [6.07, 6.45) is 0. The number of nitrogens with zero attached hydrogens (tertiary/aromatic N) is 1. The molecule has 3 aromatic carbocycles. The third kappa shape index (κ3) is 3.56. The van der Waals surface area contributed by atoms with Crippen molar-refractivity contribution in [3.63, 3.8) is 0 Å². The Bertz CT molecular complexity index is 1340. The number of fused-ring (bicyclic) bond motifs is 1. The molecule has 0 aliphatic rings. The van der Waals surface area contributed by atoms with Crippen LogP contribution in [0.15, 0.2) is 82.0 Å². The monoisotopic (exact) mass is 400 g/mol. The number of hydrogen-bond acceptors (Lipinski definition) is 5. The van der Waals surface area contributed by atoms with Crippen molar-refractivity contribution in [2.45, 2.75) is 6.92 Å². The molecule has 0 fully saturated rings. The molecule has 1 heterocycles. The third-order valence-electron chi connectivity index (χ3n) is 4.85. The van der Waals surface area contributed by atoms with E-state index in [9.17, 15) is 19.7 Å². The van der Waals surface area contributed by atoms with Crippen molar-refractivity contribution in [3.8, 4) is 11.1 Å². The maximum absolute atomic E-state index is 12.6. The standard InChI is InChI=1S/C23H16N2O5/c1-14-19(6-4-7-20(14)25(28)29)24-22(26)16-11-9-15(10-12-16)18-13-17-5-2-3-8-21(17)30-23(18)27/h2-13H,1H3,(H,24,26). The van der Waals surface area contributed by atoms with E-state index in [1.165, 1.54) is 12.1 Å². The number of para-hydroxylation sites is 1. The maximum Gasteiger partial charge on any atom is 0.344 e. The van der Waals surface area contributed by atoms with Crippen molar-refractivity contribution < 1.29 is 14.1 Å². The predicted molar refractivity (Wildman–Crippen MR) is 114 cm³/mol. The fraction of sp³-hybridized carbons (Fsp3) is 0.0435. The van der Waals surface area contributed by atoms with Gasteiger partial charge in [0.15, 0.2) is 0 Å². The molecule has 4 rings (SSSR count). The summed E-state index contributed by atoms with van der Waals surface area (Å²) in [7, 11) is 0. The summed E-state index contributed by atoms with van der Waals surface area (Å²) < 4.78 is 5.36. The lowest BCUT2D eigenvalue weighted by Gasteiger charge is -2.09. The summed E-state index contributed by atoms with van der Waals surface area (Å²) >= 11 is 0. The number of nitrogens with one attached hydrogen (secondary N) is 1. The Morgan fingerprint density at radius 2 is 1.73 bits per heavy atom. The van der Waals surface area contributed by atoms with Crippen LogP contribution < -0.4 is 10.9 Å². The average molecular weight is 400 g/mol. The van der Waals surface area contributed by atoms with E-state index in [1.54, 1.807) is 55.5 Å². The molecule has 7 nitrogen and oxygen atoms in total. The van der Waals surface area contributed by atoms with Crippen molar-refractivity contribution in [1.82, 2.24) is 0 Å². The zero-order chi connectivity index (χ0) is 21.3. The normalized spacial score (nSPS) is 10.7. The summed E-state index contributed by atoms with van der Waals surface area (Å²) in [6, 6.07) is 20.0. The Morgan fingerprint density at radius 1 is 1.00 bits per heavy atom. The van der Waals surface area contributed by atoms with Crippen molar-refractivity contribution >= 4 is 28.3 Å². The van der Waals surface area contributed by atoms with Gasteiger partial charge in [-0.15, -0.1) is 0 Å². The van der Waals surface area contributed by atoms with Gasteiger partial charge in [-0.05, 0) is 42.8 Å². The molecular formula is C23H16N2O5. The van der Waals surface area contributed by atoms with Gasteiger partial charge in [0, 0.05) is 17.0 Å². The summed E-state index contributed by atoms with van der Waals surface area (Å²) in [5.74, 6) is -0.407. The van der Waals surface area contributed by atoms with Gasteiger partial charge in [0.1, 0.15) is 5.58 Å². The third-order valence-corrected chi connectivity index (χ3v) is 4.85. The summed E-state index contributed by atoms with van der Waals surface area (Å²) in [5, 5.41) is 14.6. The zero-order valence-corrected chi connectivity index (χ0v) is 15.9. The predicted octanol–water partition coefficient (Wildman–Crippen LogP) is 4.93. The van der Waals surface area contributed by atoms with Gasteiger partial charge >= 0.3 is 5.63 Å². The van der Waals surface area contributed by atoms with Crippen LogP contribution in [0.1, 0.15) is 15.9 Å². The van der Waals surface area contributed by atoms with Gasteiger partial charge < -0.3 is 9.73 Å². The molecule has 0 radical (unpaired) electrons. The van der Waals surface area contributed by atoms with Crippen LogP contribution in [-0.2, 0) is 0 Å². The van der Waals surface area contributed by atoms with E-state index >= 15 is 0 Å². The summed E-state index contributed by atoms with van der Waals surface area (Å²) in [5.41, 5.74) is 2.11. The van der Waals surface area contributed by atoms with E-state index in [4.69, 9.17) is 4.42 Å². The highest BCUT2D eigenvalue weighted by Crippen LogP contribution is 2.26. The number of amides is 1. The largest absolute Gasteiger partial charge is 0.422 e. The molecule has 0 spiro atoms. The van der Waals surface area contributed by atoms with Gasteiger partial charge in [0.2, 0.25) is 0 Å². The Labute approximate surface area is 170 Å². The molecule has 1 N–H and O–H groups in total. The van der Waals surface area contributed by atoms with E-state index in [2.05, 4.69) is 5.32 Å². The van der Waals surface area contributed by atoms with Crippen molar-refractivity contribution in [2.75, 3.05) is 5.32 Å². The van der Waals surface area contributed by atoms with Crippen LogP contribution in [0.5, 0.6) is 0 Å². The number of anilines is 1. The van der Waals surface area contributed by atoms with Gasteiger partial charge in [-0.2, -0.15) is 0 Å². The van der Waals surface area contributed by atoms with Crippen LogP contribution in [0, 0.1) is 17.0 Å². The molecule has 0 unspecified atom stereocenters. The second-order valence-electron chi connectivity index (χ2n) is 6.72. The number of carbonyl (C=O) groups is 1. The number of benzene rings is 3. The fourth-order valence-corrected chi connectivity index (χ4v) is 3.22. The fourth-order valence-electron chi connectivity index (χ4n) is 3.22. The second-order valence-corrected chi connectivity index (χ2v) is 6.72. The van der Waals surface area contributed by atoms with E-state index in [1.807, 2.05) is 12.1 Å². The van der Waals surface area contributed by atoms with E-state index in [0.29, 0.717) is 33.5 Å².